The molecule has 0 aromatic carbocycles. The third-order valence-corrected chi connectivity index (χ3v) is 2.47. The second-order valence-electron chi connectivity index (χ2n) is 3.33. The summed E-state index contributed by atoms with van der Waals surface area (Å²) in [6, 6.07) is 0. The first-order valence-electron chi connectivity index (χ1n) is 4.06. The van der Waals surface area contributed by atoms with Gasteiger partial charge in [-0.3, -0.25) is 4.79 Å². The van der Waals surface area contributed by atoms with Crippen molar-refractivity contribution in [3.8, 4) is 0 Å². The molecular weight excluding hydrogens is 142 g/mol. The van der Waals surface area contributed by atoms with Crippen molar-refractivity contribution in [3.63, 3.8) is 0 Å². The summed E-state index contributed by atoms with van der Waals surface area (Å²) in [5.41, 5.74) is 0. The van der Waals surface area contributed by atoms with E-state index in [1.165, 1.54) is 0 Å². The third-order valence-electron chi connectivity index (χ3n) is 2.47. The van der Waals surface area contributed by atoms with Gasteiger partial charge in [-0.2, -0.15) is 0 Å². The van der Waals surface area contributed by atoms with Crippen LogP contribution in [0.15, 0.2) is 0 Å². The maximum atomic E-state index is 10.7. The van der Waals surface area contributed by atoms with Crippen LogP contribution in [0.1, 0.15) is 13.3 Å². The molecule has 0 amide bonds. The van der Waals surface area contributed by atoms with Crippen molar-refractivity contribution in [2.75, 3.05) is 20.1 Å². The van der Waals surface area contributed by atoms with Crippen molar-refractivity contribution >= 4 is 5.97 Å². The van der Waals surface area contributed by atoms with E-state index in [0.29, 0.717) is 12.5 Å². The number of carboxylic acids is 1. The van der Waals surface area contributed by atoms with Crippen molar-refractivity contribution < 1.29 is 9.90 Å². The zero-order chi connectivity index (χ0) is 8.43. The van der Waals surface area contributed by atoms with Crippen molar-refractivity contribution in [1.29, 1.82) is 0 Å². The highest BCUT2D eigenvalue weighted by Gasteiger charge is 2.34. The summed E-state index contributed by atoms with van der Waals surface area (Å²) < 4.78 is 0. The van der Waals surface area contributed by atoms with Gasteiger partial charge in [0.2, 0.25) is 0 Å². The van der Waals surface area contributed by atoms with Crippen LogP contribution >= 0.6 is 0 Å². The molecule has 3 nitrogen and oxygen atoms in total. The fourth-order valence-electron chi connectivity index (χ4n) is 1.78. The highest BCUT2D eigenvalue weighted by Crippen LogP contribution is 2.24. The van der Waals surface area contributed by atoms with Gasteiger partial charge in [0.05, 0.1) is 5.92 Å². The van der Waals surface area contributed by atoms with E-state index in [9.17, 15) is 4.79 Å². The standard InChI is InChI=1S/C8H15NO2/c1-3-6-4-9(2)5-7(6)8(10)11/h6-7H,3-5H2,1-2H3,(H,10,11)/t6-,7?/m1/s1. The van der Waals surface area contributed by atoms with Gasteiger partial charge in [0, 0.05) is 13.1 Å². The van der Waals surface area contributed by atoms with Gasteiger partial charge in [-0.1, -0.05) is 13.3 Å². The first kappa shape index (κ1) is 8.53. The van der Waals surface area contributed by atoms with Gasteiger partial charge in [-0.15, -0.1) is 0 Å². The largest absolute Gasteiger partial charge is 0.481 e. The Morgan fingerprint density at radius 2 is 2.27 bits per heavy atom. The lowest BCUT2D eigenvalue weighted by atomic mass is 9.94. The number of likely N-dealkylation sites (tertiary alicyclic amines) is 1. The van der Waals surface area contributed by atoms with E-state index in [1.807, 2.05) is 7.05 Å². The number of rotatable bonds is 2. The van der Waals surface area contributed by atoms with Crippen LogP contribution in [0, 0.1) is 11.8 Å². The predicted molar refractivity (Wildman–Crippen MR) is 42.4 cm³/mol. The summed E-state index contributed by atoms with van der Waals surface area (Å²) in [5, 5.41) is 8.81. The van der Waals surface area contributed by atoms with E-state index in [0.717, 1.165) is 13.0 Å². The highest BCUT2D eigenvalue weighted by atomic mass is 16.4. The molecular formula is C8H15NO2. The van der Waals surface area contributed by atoms with E-state index in [1.54, 1.807) is 0 Å². The average molecular weight is 157 g/mol. The molecule has 0 radical (unpaired) electrons. The van der Waals surface area contributed by atoms with Crippen LogP contribution in [0.5, 0.6) is 0 Å². The van der Waals surface area contributed by atoms with E-state index < -0.39 is 5.97 Å². The number of hydrogen-bond donors (Lipinski definition) is 1. The molecule has 1 unspecified atom stereocenters. The van der Waals surface area contributed by atoms with Crippen molar-refractivity contribution in [2.45, 2.75) is 13.3 Å². The summed E-state index contributed by atoms with van der Waals surface area (Å²) >= 11 is 0. The van der Waals surface area contributed by atoms with E-state index in [4.69, 9.17) is 5.11 Å². The maximum Gasteiger partial charge on any atom is 0.308 e. The quantitative estimate of drug-likeness (QED) is 0.640. The zero-order valence-electron chi connectivity index (χ0n) is 7.08. The Kier molecular flexibility index (Phi) is 2.49. The van der Waals surface area contributed by atoms with Crippen LogP contribution in [-0.4, -0.2) is 36.1 Å². The molecule has 0 spiro atoms. The third kappa shape index (κ3) is 1.71. The van der Waals surface area contributed by atoms with Gasteiger partial charge >= 0.3 is 5.97 Å². The van der Waals surface area contributed by atoms with Crippen LogP contribution in [0.2, 0.25) is 0 Å². The molecule has 0 bridgehead atoms. The Labute approximate surface area is 67.0 Å². The Hall–Kier alpha value is -0.570. The van der Waals surface area contributed by atoms with Gasteiger partial charge in [0.1, 0.15) is 0 Å². The lowest BCUT2D eigenvalue weighted by Crippen LogP contribution is -2.21. The van der Waals surface area contributed by atoms with Gasteiger partial charge in [-0.05, 0) is 13.0 Å². The van der Waals surface area contributed by atoms with Crippen LogP contribution in [-0.2, 0) is 4.79 Å². The average Bonchev–Trinajstić information content (AvgIpc) is 2.30. The molecule has 1 fully saturated rings. The monoisotopic (exact) mass is 157 g/mol. The summed E-state index contributed by atoms with van der Waals surface area (Å²) in [4.78, 5) is 12.8. The maximum absolute atomic E-state index is 10.7. The van der Waals surface area contributed by atoms with Crippen molar-refractivity contribution in [1.82, 2.24) is 4.90 Å². The number of aliphatic carboxylic acids is 1. The lowest BCUT2D eigenvalue weighted by Gasteiger charge is -2.10. The van der Waals surface area contributed by atoms with E-state index >= 15 is 0 Å². The Bertz CT molecular complexity index is 158. The zero-order valence-corrected chi connectivity index (χ0v) is 7.08. The summed E-state index contributed by atoms with van der Waals surface area (Å²) in [7, 11) is 1.98. The van der Waals surface area contributed by atoms with Crippen LogP contribution < -0.4 is 0 Å². The number of carboxylic acid groups (broad SMARTS) is 1. The summed E-state index contributed by atoms with van der Waals surface area (Å²) in [6.07, 6.45) is 0.974. The van der Waals surface area contributed by atoms with E-state index in [2.05, 4.69) is 11.8 Å². The smallest absolute Gasteiger partial charge is 0.308 e. The normalized spacial score (nSPS) is 32.5. The molecule has 1 rings (SSSR count). The fourth-order valence-corrected chi connectivity index (χ4v) is 1.78. The molecule has 3 heteroatoms. The first-order valence-corrected chi connectivity index (χ1v) is 4.06. The minimum atomic E-state index is -0.638. The molecule has 1 aliphatic heterocycles. The van der Waals surface area contributed by atoms with Gasteiger partial charge < -0.3 is 10.0 Å². The molecule has 0 aliphatic carbocycles. The van der Waals surface area contributed by atoms with Crippen molar-refractivity contribution in [3.05, 3.63) is 0 Å². The second-order valence-corrected chi connectivity index (χ2v) is 3.33. The van der Waals surface area contributed by atoms with Gasteiger partial charge in [0.15, 0.2) is 0 Å². The summed E-state index contributed by atoms with van der Waals surface area (Å²) in [5.74, 6) is -0.413. The van der Waals surface area contributed by atoms with Crippen LogP contribution in [0.3, 0.4) is 0 Å². The Balaban J connectivity index is 2.57. The fraction of sp³-hybridized carbons (Fsp3) is 0.875. The molecule has 11 heavy (non-hydrogen) atoms. The second kappa shape index (κ2) is 3.22. The molecule has 0 aromatic rings. The van der Waals surface area contributed by atoms with E-state index in [-0.39, 0.29) is 5.92 Å². The Morgan fingerprint density at radius 1 is 1.64 bits per heavy atom. The minimum Gasteiger partial charge on any atom is -0.481 e. The molecule has 1 aliphatic rings. The van der Waals surface area contributed by atoms with Crippen molar-refractivity contribution in [2.24, 2.45) is 11.8 Å². The van der Waals surface area contributed by atoms with Crippen LogP contribution in [0.4, 0.5) is 0 Å². The molecule has 0 aromatic heterocycles. The van der Waals surface area contributed by atoms with Gasteiger partial charge in [0.25, 0.3) is 0 Å². The highest BCUT2D eigenvalue weighted by molar-refractivity contribution is 5.71. The summed E-state index contributed by atoms with van der Waals surface area (Å²) in [6.45, 7) is 3.71. The number of hydrogen-bond acceptors (Lipinski definition) is 2. The Morgan fingerprint density at radius 3 is 2.64 bits per heavy atom. The number of nitrogens with zero attached hydrogens (tertiary/aromatic N) is 1. The van der Waals surface area contributed by atoms with Crippen LogP contribution in [0.25, 0.3) is 0 Å². The topological polar surface area (TPSA) is 40.5 Å². The number of carbonyl (C=O) groups is 1. The minimum absolute atomic E-state index is 0.134. The SMILES string of the molecule is CC[C@@H]1CN(C)CC1C(=O)O. The molecule has 64 valence electrons. The molecule has 2 atom stereocenters. The van der Waals surface area contributed by atoms with Gasteiger partial charge in [-0.25, -0.2) is 0 Å². The molecule has 0 saturated carbocycles. The first-order chi connectivity index (χ1) is 5.15. The lowest BCUT2D eigenvalue weighted by molar-refractivity contribution is -0.142. The molecule has 1 N–H and O–H groups in total. The molecule has 1 saturated heterocycles. The molecule has 1 heterocycles. The predicted octanol–water partition coefficient (Wildman–Crippen LogP) is 0.659.